The third kappa shape index (κ3) is 3.58. The van der Waals surface area contributed by atoms with Crippen molar-refractivity contribution in [2.75, 3.05) is 0 Å². The molecular weight excluding hydrogens is 284 g/mol. The lowest BCUT2D eigenvalue weighted by Crippen LogP contribution is -1.95. The maximum absolute atomic E-state index is 5.95. The van der Waals surface area contributed by atoms with Gasteiger partial charge >= 0.3 is 0 Å². The second-order valence-corrected chi connectivity index (χ2v) is 5.00. The van der Waals surface area contributed by atoms with E-state index in [4.69, 9.17) is 16.3 Å². The fourth-order valence-corrected chi connectivity index (χ4v) is 2.14. The molecule has 0 fully saturated rings. The Morgan fingerprint density at radius 1 is 0.905 bits per heavy atom. The van der Waals surface area contributed by atoms with E-state index in [-0.39, 0.29) is 0 Å². The van der Waals surface area contributed by atoms with Crippen LogP contribution >= 0.6 is 11.6 Å². The monoisotopic (exact) mass is 296 g/mol. The van der Waals surface area contributed by atoms with Gasteiger partial charge in [0.1, 0.15) is 12.4 Å². The van der Waals surface area contributed by atoms with Gasteiger partial charge < -0.3 is 4.74 Å². The van der Waals surface area contributed by atoms with Crippen LogP contribution in [0.5, 0.6) is 5.75 Å². The third-order valence-corrected chi connectivity index (χ3v) is 3.23. The van der Waals surface area contributed by atoms with Crippen LogP contribution in [-0.2, 0) is 6.61 Å². The Labute approximate surface area is 128 Å². The maximum atomic E-state index is 5.95. The summed E-state index contributed by atoms with van der Waals surface area (Å²) in [6.07, 6.45) is 6.96. The largest absolute Gasteiger partial charge is 0.489 e. The van der Waals surface area contributed by atoms with Crippen LogP contribution in [0.4, 0.5) is 0 Å². The summed E-state index contributed by atoms with van der Waals surface area (Å²) in [4.78, 5) is 8.15. The molecule has 0 spiro atoms. The fourth-order valence-electron chi connectivity index (χ4n) is 1.96. The van der Waals surface area contributed by atoms with E-state index in [1.54, 1.807) is 24.8 Å². The Balaban J connectivity index is 1.69. The molecule has 3 rings (SSSR count). The number of halogens is 1. The van der Waals surface area contributed by atoms with Gasteiger partial charge in [0, 0.05) is 35.9 Å². The zero-order valence-electron chi connectivity index (χ0n) is 11.2. The molecule has 0 unspecified atom stereocenters. The first-order valence-electron chi connectivity index (χ1n) is 6.54. The molecule has 0 N–H and O–H groups in total. The maximum Gasteiger partial charge on any atom is 0.119 e. The summed E-state index contributed by atoms with van der Waals surface area (Å²) < 4.78 is 5.72. The van der Waals surface area contributed by atoms with E-state index in [1.165, 1.54) is 0 Å². The van der Waals surface area contributed by atoms with Crippen molar-refractivity contribution in [3.63, 3.8) is 0 Å². The number of benzene rings is 1. The molecule has 0 aliphatic carbocycles. The number of ether oxygens (including phenoxy) is 1. The first-order chi connectivity index (χ1) is 10.3. The summed E-state index contributed by atoms with van der Waals surface area (Å²) in [5.74, 6) is 0.817. The quantitative estimate of drug-likeness (QED) is 0.717. The van der Waals surface area contributed by atoms with E-state index in [2.05, 4.69) is 9.97 Å². The molecule has 3 aromatic rings. The predicted molar refractivity (Wildman–Crippen MR) is 83.3 cm³/mol. The van der Waals surface area contributed by atoms with Crippen LogP contribution in [0.15, 0.2) is 67.3 Å². The van der Waals surface area contributed by atoms with E-state index >= 15 is 0 Å². The van der Waals surface area contributed by atoms with Crippen LogP contribution in [0.3, 0.4) is 0 Å². The van der Waals surface area contributed by atoms with Gasteiger partial charge in [0.15, 0.2) is 0 Å². The average Bonchev–Trinajstić information content (AvgIpc) is 2.54. The van der Waals surface area contributed by atoms with Gasteiger partial charge in [0.25, 0.3) is 0 Å². The summed E-state index contributed by atoms with van der Waals surface area (Å²) in [7, 11) is 0. The van der Waals surface area contributed by atoms with E-state index in [9.17, 15) is 0 Å². The molecule has 21 heavy (non-hydrogen) atoms. The van der Waals surface area contributed by atoms with Gasteiger partial charge in [0.2, 0.25) is 0 Å². The Morgan fingerprint density at radius 3 is 2.48 bits per heavy atom. The molecule has 4 heteroatoms. The molecule has 0 saturated carbocycles. The second kappa shape index (κ2) is 6.37. The van der Waals surface area contributed by atoms with E-state index in [1.807, 2.05) is 42.5 Å². The van der Waals surface area contributed by atoms with Crippen LogP contribution in [0, 0.1) is 0 Å². The molecule has 3 nitrogen and oxygen atoms in total. The minimum atomic E-state index is 0.506. The zero-order valence-corrected chi connectivity index (χ0v) is 12.0. The van der Waals surface area contributed by atoms with Crippen molar-refractivity contribution in [3.05, 3.63) is 77.8 Å². The number of hydrogen-bond donors (Lipinski definition) is 0. The summed E-state index contributed by atoms with van der Waals surface area (Å²) in [6.45, 7) is 0.506. The topological polar surface area (TPSA) is 35.0 Å². The molecular formula is C17H13ClN2O. The number of pyridine rings is 2. The Bertz CT molecular complexity index is 714. The van der Waals surface area contributed by atoms with Crippen LogP contribution in [0.25, 0.3) is 11.1 Å². The van der Waals surface area contributed by atoms with E-state index < -0.39 is 0 Å². The molecule has 0 atom stereocenters. The molecule has 104 valence electrons. The van der Waals surface area contributed by atoms with E-state index in [0.29, 0.717) is 11.6 Å². The highest BCUT2D eigenvalue weighted by Crippen LogP contribution is 2.24. The van der Waals surface area contributed by atoms with Crippen molar-refractivity contribution >= 4 is 11.6 Å². The lowest BCUT2D eigenvalue weighted by molar-refractivity contribution is 0.306. The van der Waals surface area contributed by atoms with Gasteiger partial charge in [-0.1, -0.05) is 29.8 Å². The van der Waals surface area contributed by atoms with Crippen molar-refractivity contribution < 1.29 is 4.74 Å². The summed E-state index contributed by atoms with van der Waals surface area (Å²) in [5.41, 5.74) is 3.08. The van der Waals surface area contributed by atoms with Crippen molar-refractivity contribution in [1.29, 1.82) is 0 Å². The lowest BCUT2D eigenvalue weighted by atomic mass is 10.1. The van der Waals surface area contributed by atoms with Crippen molar-refractivity contribution in [1.82, 2.24) is 9.97 Å². The standard InChI is InChI=1S/C17H13ClN2O/c18-16-8-15(10-20-11-16)14-3-5-17(6-4-14)21-12-13-2-1-7-19-9-13/h1-11H,12H2. The van der Waals surface area contributed by atoms with Gasteiger partial charge in [-0.3, -0.25) is 9.97 Å². The minimum Gasteiger partial charge on any atom is -0.489 e. The first kappa shape index (κ1) is 13.6. The number of nitrogens with zero attached hydrogens (tertiary/aromatic N) is 2. The van der Waals surface area contributed by atoms with Crippen LogP contribution in [-0.4, -0.2) is 9.97 Å². The molecule has 1 aromatic carbocycles. The van der Waals surface area contributed by atoms with Crippen LogP contribution in [0.1, 0.15) is 5.56 Å². The second-order valence-electron chi connectivity index (χ2n) is 4.57. The van der Waals surface area contributed by atoms with Crippen molar-refractivity contribution in [2.24, 2.45) is 0 Å². The zero-order chi connectivity index (χ0) is 14.5. The SMILES string of the molecule is Clc1cncc(-c2ccc(OCc3cccnc3)cc2)c1. The first-order valence-corrected chi connectivity index (χ1v) is 6.92. The fraction of sp³-hybridized carbons (Fsp3) is 0.0588. The molecule has 0 bridgehead atoms. The molecule has 0 aliphatic rings. The number of hydrogen-bond acceptors (Lipinski definition) is 3. The lowest BCUT2D eigenvalue weighted by Gasteiger charge is -2.07. The van der Waals surface area contributed by atoms with Gasteiger partial charge in [0.05, 0.1) is 5.02 Å². The molecule has 2 heterocycles. The average molecular weight is 297 g/mol. The van der Waals surface area contributed by atoms with Gasteiger partial charge in [-0.2, -0.15) is 0 Å². The third-order valence-electron chi connectivity index (χ3n) is 3.02. The molecule has 2 aromatic heterocycles. The Hall–Kier alpha value is -2.39. The smallest absolute Gasteiger partial charge is 0.119 e. The Kier molecular flexibility index (Phi) is 4.12. The molecule has 0 amide bonds. The summed E-state index contributed by atoms with van der Waals surface area (Å²) >= 11 is 5.95. The van der Waals surface area contributed by atoms with Gasteiger partial charge in [-0.15, -0.1) is 0 Å². The highest BCUT2D eigenvalue weighted by atomic mass is 35.5. The van der Waals surface area contributed by atoms with Crippen molar-refractivity contribution in [3.8, 4) is 16.9 Å². The normalized spacial score (nSPS) is 10.3. The Morgan fingerprint density at radius 2 is 1.76 bits per heavy atom. The number of rotatable bonds is 4. The van der Waals surface area contributed by atoms with Crippen LogP contribution < -0.4 is 4.74 Å². The van der Waals surface area contributed by atoms with Crippen LogP contribution in [0.2, 0.25) is 5.02 Å². The van der Waals surface area contributed by atoms with Gasteiger partial charge in [-0.05, 0) is 29.8 Å². The van der Waals surface area contributed by atoms with Gasteiger partial charge in [-0.25, -0.2) is 0 Å². The molecule has 0 aliphatic heterocycles. The molecule has 0 saturated heterocycles. The van der Waals surface area contributed by atoms with Crippen molar-refractivity contribution in [2.45, 2.75) is 6.61 Å². The predicted octanol–water partition coefficient (Wildman–Crippen LogP) is 4.38. The number of aromatic nitrogens is 2. The summed E-state index contributed by atoms with van der Waals surface area (Å²) in [6, 6.07) is 13.6. The molecule has 0 radical (unpaired) electrons. The highest BCUT2D eigenvalue weighted by Gasteiger charge is 2.01. The summed E-state index contributed by atoms with van der Waals surface area (Å²) in [5, 5.41) is 0.629. The van der Waals surface area contributed by atoms with E-state index in [0.717, 1.165) is 22.4 Å². The highest BCUT2D eigenvalue weighted by molar-refractivity contribution is 6.30. The minimum absolute atomic E-state index is 0.506.